The van der Waals surface area contributed by atoms with Crippen LogP contribution in [0.1, 0.15) is 25.7 Å². The molecular weight excluding hydrogens is 216 g/mol. The van der Waals surface area contributed by atoms with Gasteiger partial charge in [-0.25, -0.2) is 0 Å². The highest BCUT2D eigenvalue weighted by Crippen LogP contribution is 2.32. The molecule has 15 heavy (non-hydrogen) atoms. The normalized spacial score (nSPS) is 36.7. The van der Waals surface area contributed by atoms with Gasteiger partial charge in [-0.05, 0) is 18.6 Å². The maximum atomic E-state index is 10.5. The predicted molar refractivity (Wildman–Crippen MR) is 57.0 cm³/mol. The molecule has 2 rings (SSSR count). The van der Waals surface area contributed by atoms with Gasteiger partial charge in [-0.2, -0.15) is 11.8 Å². The molecule has 0 aliphatic carbocycles. The molecule has 2 aliphatic heterocycles. The Morgan fingerprint density at radius 3 is 3.00 bits per heavy atom. The third-order valence-electron chi connectivity index (χ3n) is 2.69. The fraction of sp³-hybridized carbons (Fsp3) is 0.900. The van der Waals surface area contributed by atoms with Crippen LogP contribution in [0.5, 0.6) is 0 Å². The molecule has 0 aromatic rings. The van der Waals surface area contributed by atoms with Crippen molar-refractivity contribution in [3.05, 3.63) is 0 Å². The van der Waals surface area contributed by atoms with Crippen molar-refractivity contribution >= 4 is 17.7 Å². The van der Waals surface area contributed by atoms with Crippen molar-refractivity contribution in [1.82, 2.24) is 0 Å². The molecule has 86 valence electrons. The summed E-state index contributed by atoms with van der Waals surface area (Å²) in [7, 11) is 0. The average molecular weight is 232 g/mol. The van der Waals surface area contributed by atoms with E-state index in [1.54, 1.807) is 0 Å². The first-order valence-electron chi connectivity index (χ1n) is 5.36. The Morgan fingerprint density at radius 2 is 2.33 bits per heavy atom. The van der Waals surface area contributed by atoms with Crippen LogP contribution in [-0.2, 0) is 14.3 Å². The first kappa shape index (κ1) is 11.2. The summed E-state index contributed by atoms with van der Waals surface area (Å²) in [6.45, 7) is 0.425. The monoisotopic (exact) mass is 232 g/mol. The zero-order chi connectivity index (χ0) is 10.7. The number of hydrogen-bond donors (Lipinski definition) is 1. The Hall–Kier alpha value is -0.260. The summed E-state index contributed by atoms with van der Waals surface area (Å²) >= 11 is 1.88. The highest BCUT2D eigenvalue weighted by atomic mass is 32.2. The van der Waals surface area contributed by atoms with Gasteiger partial charge in [-0.1, -0.05) is 6.42 Å². The fourth-order valence-electron chi connectivity index (χ4n) is 1.95. The van der Waals surface area contributed by atoms with Crippen LogP contribution < -0.4 is 0 Å². The zero-order valence-corrected chi connectivity index (χ0v) is 9.37. The van der Waals surface area contributed by atoms with E-state index in [1.807, 2.05) is 11.8 Å². The molecule has 2 aliphatic rings. The number of aliphatic carboxylic acids is 1. The van der Waals surface area contributed by atoms with Gasteiger partial charge in [0.05, 0.1) is 24.4 Å². The molecule has 0 amide bonds. The van der Waals surface area contributed by atoms with Crippen molar-refractivity contribution in [2.45, 2.75) is 43.3 Å². The Kier molecular flexibility index (Phi) is 3.88. The van der Waals surface area contributed by atoms with Crippen LogP contribution in [0.15, 0.2) is 0 Å². The highest BCUT2D eigenvalue weighted by molar-refractivity contribution is 8.00. The van der Waals surface area contributed by atoms with Crippen molar-refractivity contribution in [3.8, 4) is 0 Å². The molecule has 3 unspecified atom stereocenters. The summed E-state index contributed by atoms with van der Waals surface area (Å²) in [5, 5.41) is 9.03. The lowest BCUT2D eigenvalue weighted by Crippen LogP contribution is -2.27. The average Bonchev–Trinajstić information content (AvgIpc) is 2.67. The predicted octanol–water partition coefficient (Wildman–Crippen LogP) is 1.49. The van der Waals surface area contributed by atoms with Gasteiger partial charge in [0.15, 0.2) is 6.29 Å². The van der Waals surface area contributed by atoms with Crippen LogP contribution in [-0.4, -0.2) is 41.1 Å². The van der Waals surface area contributed by atoms with Crippen molar-refractivity contribution < 1.29 is 19.4 Å². The van der Waals surface area contributed by atoms with Gasteiger partial charge in [0.2, 0.25) is 0 Å². The largest absolute Gasteiger partial charge is 0.481 e. The van der Waals surface area contributed by atoms with Crippen LogP contribution in [0.25, 0.3) is 0 Å². The van der Waals surface area contributed by atoms with Gasteiger partial charge >= 0.3 is 5.97 Å². The van der Waals surface area contributed by atoms with Gasteiger partial charge in [0.25, 0.3) is 0 Å². The number of rotatable bonds is 3. The summed E-state index contributed by atoms with van der Waals surface area (Å²) in [6, 6.07) is 0. The maximum absolute atomic E-state index is 10.5. The molecule has 5 heteroatoms. The number of ether oxygens (including phenoxy) is 2. The first-order chi connectivity index (χ1) is 7.25. The molecule has 0 spiro atoms. The van der Waals surface area contributed by atoms with E-state index in [9.17, 15) is 4.79 Å². The van der Waals surface area contributed by atoms with Gasteiger partial charge in [0, 0.05) is 0 Å². The molecule has 2 heterocycles. The highest BCUT2D eigenvalue weighted by Gasteiger charge is 2.34. The molecule has 2 fully saturated rings. The molecule has 2 saturated heterocycles. The second-order valence-electron chi connectivity index (χ2n) is 3.96. The van der Waals surface area contributed by atoms with E-state index in [1.165, 1.54) is 12.8 Å². The Labute approximate surface area is 93.3 Å². The molecule has 1 N–H and O–H groups in total. The molecule has 0 aromatic carbocycles. The topological polar surface area (TPSA) is 55.8 Å². The Bertz CT molecular complexity index is 227. The molecule has 0 aromatic heterocycles. The third kappa shape index (κ3) is 3.09. The summed E-state index contributed by atoms with van der Waals surface area (Å²) in [4.78, 5) is 10.5. The van der Waals surface area contributed by atoms with Crippen LogP contribution in [0.3, 0.4) is 0 Å². The van der Waals surface area contributed by atoms with E-state index in [0.717, 1.165) is 12.2 Å². The number of thioether (sulfide) groups is 1. The summed E-state index contributed by atoms with van der Waals surface area (Å²) in [5.74, 6) is 0.345. The van der Waals surface area contributed by atoms with Crippen molar-refractivity contribution in [2.75, 3.05) is 12.4 Å². The van der Waals surface area contributed by atoms with E-state index < -0.39 is 5.97 Å². The smallest absolute Gasteiger partial charge is 0.306 e. The molecular formula is C10H16O4S. The molecule has 0 bridgehead atoms. The standard InChI is InChI=1S/C10H16O4S/c11-9(12)5-7-6-13-10(14-7)8-3-1-2-4-15-8/h7-8,10H,1-6H2,(H,11,12). The lowest BCUT2D eigenvalue weighted by atomic mass is 10.2. The molecule has 3 atom stereocenters. The number of carboxylic acids is 1. The fourth-order valence-corrected chi connectivity index (χ4v) is 3.25. The van der Waals surface area contributed by atoms with Crippen molar-refractivity contribution in [2.24, 2.45) is 0 Å². The summed E-state index contributed by atoms with van der Waals surface area (Å²) < 4.78 is 11.1. The quantitative estimate of drug-likeness (QED) is 0.799. The van der Waals surface area contributed by atoms with Crippen LogP contribution in [0, 0.1) is 0 Å². The van der Waals surface area contributed by atoms with Crippen LogP contribution >= 0.6 is 11.8 Å². The van der Waals surface area contributed by atoms with E-state index >= 15 is 0 Å². The molecule has 0 radical (unpaired) electrons. The first-order valence-corrected chi connectivity index (χ1v) is 6.41. The summed E-state index contributed by atoms with van der Waals surface area (Å²) in [6.07, 6.45) is 3.23. The van der Waals surface area contributed by atoms with Crippen LogP contribution in [0.2, 0.25) is 0 Å². The second kappa shape index (κ2) is 5.18. The van der Waals surface area contributed by atoms with Gasteiger partial charge in [-0.15, -0.1) is 0 Å². The number of carbonyl (C=O) groups is 1. The Morgan fingerprint density at radius 1 is 1.47 bits per heavy atom. The number of hydrogen-bond acceptors (Lipinski definition) is 4. The molecule has 4 nitrogen and oxygen atoms in total. The maximum Gasteiger partial charge on any atom is 0.306 e. The second-order valence-corrected chi connectivity index (χ2v) is 5.31. The summed E-state index contributed by atoms with van der Waals surface area (Å²) in [5.41, 5.74) is 0. The SMILES string of the molecule is O=C(O)CC1COC(C2CCCCS2)O1. The van der Waals surface area contributed by atoms with Crippen molar-refractivity contribution in [3.63, 3.8) is 0 Å². The third-order valence-corrected chi connectivity index (χ3v) is 4.10. The van der Waals surface area contributed by atoms with Crippen LogP contribution in [0.4, 0.5) is 0 Å². The molecule has 0 saturated carbocycles. The zero-order valence-electron chi connectivity index (χ0n) is 8.55. The lowest BCUT2D eigenvalue weighted by molar-refractivity contribution is -0.140. The number of carboxylic acid groups (broad SMARTS) is 1. The lowest BCUT2D eigenvalue weighted by Gasteiger charge is -2.25. The van der Waals surface area contributed by atoms with E-state index in [-0.39, 0.29) is 18.8 Å². The van der Waals surface area contributed by atoms with E-state index in [2.05, 4.69) is 0 Å². The van der Waals surface area contributed by atoms with Gasteiger partial charge in [0.1, 0.15) is 0 Å². The van der Waals surface area contributed by atoms with Gasteiger partial charge < -0.3 is 14.6 Å². The minimum Gasteiger partial charge on any atom is -0.481 e. The van der Waals surface area contributed by atoms with Crippen molar-refractivity contribution in [1.29, 1.82) is 0 Å². The van der Waals surface area contributed by atoms with Gasteiger partial charge in [-0.3, -0.25) is 4.79 Å². The Balaban J connectivity index is 1.78. The van der Waals surface area contributed by atoms with E-state index in [4.69, 9.17) is 14.6 Å². The van der Waals surface area contributed by atoms with E-state index in [0.29, 0.717) is 11.9 Å². The minimum absolute atomic E-state index is 0.0495. The minimum atomic E-state index is -0.819.